The van der Waals surface area contributed by atoms with E-state index in [-0.39, 0.29) is 5.91 Å². The second-order valence-electron chi connectivity index (χ2n) is 2.51. The Labute approximate surface area is 88.2 Å². The summed E-state index contributed by atoms with van der Waals surface area (Å²) >= 11 is 0. The Morgan fingerprint density at radius 2 is 1.60 bits per heavy atom. The molecule has 0 saturated carbocycles. The van der Waals surface area contributed by atoms with E-state index in [0.717, 1.165) is 5.69 Å². The molecule has 0 radical (unpaired) electrons. The molecule has 0 heterocycles. The van der Waals surface area contributed by atoms with Gasteiger partial charge in [-0.05, 0) is 24.3 Å². The van der Waals surface area contributed by atoms with E-state index >= 15 is 0 Å². The molecule has 0 atom stereocenters. The van der Waals surface area contributed by atoms with E-state index in [1.807, 2.05) is 0 Å². The van der Waals surface area contributed by atoms with Crippen molar-refractivity contribution < 1.29 is 17.4 Å². The van der Waals surface area contributed by atoms with E-state index in [1.165, 1.54) is 6.92 Å². The van der Waals surface area contributed by atoms with Gasteiger partial charge in [0.25, 0.3) is 0 Å². The van der Waals surface area contributed by atoms with Crippen molar-refractivity contribution >= 4 is 27.9 Å². The Hall–Kier alpha value is -1.89. The van der Waals surface area contributed by atoms with Crippen molar-refractivity contribution in [2.24, 2.45) is 0 Å². The highest BCUT2D eigenvalue weighted by atomic mass is 32.2. The zero-order chi connectivity index (χ0) is 11.8. The summed E-state index contributed by atoms with van der Waals surface area (Å²) in [6.45, 7) is 1.47. The highest BCUT2D eigenvalue weighted by Gasteiger charge is 1.92. The van der Waals surface area contributed by atoms with Crippen LogP contribution < -0.4 is 11.1 Å². The molecular formula is C8H10N2O4S. The van der Waals surface area contributed by atoms with E-state index < -0.39 is 10.6 Å². The summed E-state index contributed by atoms with van der Waals surface area (Å²) in [6, 6.07) is 7.00. The molecule has 3 N–H and O–H groups in total. The van der Waals surface area contributed by atoms with Gasteiger partial charge >= 0.3 is 10.6 Å². The third-order valence-electron chi connectivity index (χ3n) is 1.23. The summed E-state index contributed by atoms with van der Waals surface area (Å²) in [7, 11) is -3.11. The van der Waals surface area contributed by atoms with Gasteiger partial charge in [-0.2, -0.15) is 0 Å². The van der Waals surface area contributed by atoms with E-state index in [9.17, 15) is 4.79 Å². The molecule has 0 fully saturated rings. The quantitative estimate of drug-likeness (QED) is 0.671. The lowest BCUT2D eigenvalue weighted by atomic mass is 10.3. The minimum absolute atomic E-state index is 0.0743. The average molecular weight is 230 g/mol. The van der Waals surface area contributed by atoms with Gasteiger partial charge in [0, 0.05) is 18.3 Å². The monoisotopic (exact) mass is 230 g/mol. The summed E-state index contributed by atoms with van der Waals surface area (Å²) in [5.41, 5.74) is 6.91. The highest BCUT2D eigenvalue weighted by molar-refractivity contribution is 7.59. The Bertz CT molecular complexity index is 416. The topological polar surface area (TPSA) is 106 Å². The summed E-state index contributed by atoms with van der Waals surface area (Å²) in [5, 5.41) is 2.64. The average Bonchev–Trinajstić information content (AvgIpc) is 2.07. The molecule has 15 heavy (non-hydrogen) atoms. The number of carbonyl (C=O) groups excluding carboxylic acids is 1. The van der Waals surface area contributed by atoms with Crippen LogP contribution in [0.25, 0.3) is 0 Å². The number of amides is 1. The van der Waals surface area contributed by atoms with Crippen LogP contribution in [-0.4, -0.2) is 18.5 Å². The fraction of sp³-hybridized carbons (Fsp3) is 0.125. The summed E-state index contributed by atoms with van der Waals surface area (Å²) in [5.74, 6) is -0.0743. The van der Waals surface area contributed by atoms with Crippen LogP contribution in [0.4, 0.5) is 11.4 Å². The number of hydrogen-bond acceptors (Lipinski definition) is 5. The number of carbonyl (C=O) groups is 1. The Morgan fingerprint density at radius 1 is 1.20 bits per heavy atom. The number of nitrogens with one attached hydrogen (secondary N) is 1. The second-order valence-corrected chi connectivity index (χ2v) is 2.92. The van der Waals surface area contributed by atoms with Gasteiger partial charge in [0.05, 0.1) is 0 Å². The van der Waals surface area contributed by atoms with Gasteiger partial charge in [-0.1, -0.05) is 0 Å². The number of nitrogens with two attached hydrogens (primary N) is 1. The van der Waals surface area contributed by atoms with Crippen molar-refractivity contribution in [1.82, 2.24) is 0 Å². The van der Waals surface area contributed by atoms with Gasteiger partial charge in [0.1, 0.15) is 0 Å². The third kappa shape index (κ3) is 8.44. The maximum atomic E-state index is 10.6. The summed E-state index contributed by atoms with van der Waals surface area (Å²) in [6.07, 6.45) is 0. The maximum Gasteiger partial charge on any atom is 0.425 e. The lowest BCUT2D eigenvalue weighted by Gasteiger charge is -2.00. The molecule has 0 aliphatic carbocycles. The number of nitrogen functional groups attached to an aromatic ring is 1. The van der Waals surface area contributed by atoms with E-state index in [2.05, 4.69) is 5.32 Å². The summed E-state index contributed by atoms with van der Waals surface area (Å²) in [4.78, 5) is 10.6. The van der Waals surface area contributed by atoms with E-state index in [1.54, 1.807) is 24.3 Å². The van der Waals surface area contributed by atoms with Crippen LogP contribution in [-0.2, 0) is 15.4 Å². The molecule has 1 aromatic rings. The molecule has 1 aromatic carbocycles. The van der Waals surface area contributed by atoms with Crippen LogP contribution in [0.1, 0.15) is 6.92 Å². The number of rotatable bonds is 1. The molecule has 6 nitrogen and oxygen atoms in total. The van der Waals surface area contributed by atoms with Gasteiger partial charge in [-0.15, -0.1) is 12.6 Å². The smallest absolute Gasteiger partial charge is 0.399 e. The molecule has 0 spiro atoms. The van der Waals surface area contributed by atoms with Gasteiger partial charge in [-0.25, -0.2) is 0 Å². The first-order valence-electron chi connectivity index (χ1n) is 3.81. The first-order valence-corrected chi connectivity index (χ1v) is 4.81. The van der Waals surface area contributed by atoms with Crippen LogP contribution in [0.2, 0.25) is 0 Å². The molecule has 0 aromatic heterocycles. The Kier molecular flexibility index (Phi) is 5.72. The van der Waals surface area contributed by atoms with Crippen LogP contribution in [0.15, 0.2) is 24.3 Å². The normalized spacial score (nSPS) is 8.33. The predicted molar refractivity (Wildman–Crippen MR) is 54.9 cm³/mol. The predicted octanol–water partition coefficient (Wildman–Crippen LogP) is 0.223. The minimum atomic E-state index is -3.11. The Balaban J connectivity index is 0.000000423. The van der Waals surface area contributed by atoms with Crippen molar-refractivity contribution in [2.75, 3.05) is 11.1 Å². The summed E-state index contributed by atoms with van der Waals surface area (Å²) < 4.78 is 25.3. The number of benzene rings is 1. The first kappa shape index (κ1) is 13.1. The van der Waals surface area contributed by atoms with E-state index in [0.29, 0.717) is 5.69 Å². The van der Waals surface area contributed by atoms with Gasteiger partial charge in [-0.3, -0.25) is 4.79 Å². The molecular weight excluding hydrogens is 220 g/mol. The zero-order valence-electron chi connectivity index (χ0n) is 7.93. The fourth-order valence-corrected chi connectivity index (χ4v) is 0.770. The number of anilines is 2. The van der Waals surface area contributed by atoms with Crippen molar-refractivity contribution in [2.45, 2.75) is 6.92 Å². The van der Waals surface area contributed by atoms with Crippen molar-refractivity contribution in [1.29, 1.82) is 0 Å². The van der Waals surface area contributed by atoms with Gasteiger partial charge in [0.2, 0.25) is 5.91 Å². The molecule has 0 aliphatic heterocycles. The lowest BCUT2D eigenvalue weighted by Crippen LogP contribution is -2.05. The minimum Gasteiger partial charge on any atom is -0.399 e. The van der Waals surface area contributed by atoms with Crippen LogP contribution in [0.3, 0.4) is 0 Å². The van der Waals surface area contributed by atoms with Gasteiger partial charge in [0.15, 0.2) is 0 Å². The van der Waals surface area contributed by atoms with Crippen molar-refractivity contribution in [3.63, 3.8) is 0 Å². The molecule has 0 bridgehead atoms. The zero-order valence-corrected chi connectivity index (χ0v) is 8.74. The third-order valence-corrected chi connectivity index (χ3v) is 1.23. The SMILES string of the molecule is CC(=O)Nc1ccc(N)cc1.O=S(=O)=O. The Morgan fingerprint density at radius 3 is 1.93 bits per heavy atom. The molecule has 0 saturated heterocycles. The second kappa shape index (κ2) is 6.55. The van der Waals surface area contributed by atoms with Crippen molar-refractivity contribution in [3.8, 4) is 0 Å². The molecule has 0 aliphatic rings. The fourth-order valence-electron chi connectivity index (χ4n) is 0.770. The van der Waals surface area contributed by atoms with Gasteiger partial charge < -0.3 is 11.1 Å². The van der Waals surface area contributed by atoms with Crippen LogP contribution >= 0.6 is 0 Å². The molecule has 82 valence electrons. The molecule has 7 heteroatoms. The standard InChI is InChI=1S/C8H10N2O.O3S/c1-6(11)10-8-4-2-7(9)3-5-8;1-4(2)3/h2-5H,9H2,1H3,(H,10,11);. The van der Waals surface area contributed by atoms with E-state index in [4.69, 9.17) is 18.4 Å². The maximum absolute atomic E-state index is 10.6. The highest BCUT2D eigenvalue weighted by Crippen LogP contribution is 2.09. The van der Waals surface area contributed by atoms with Crippen LogP contribution in [0.5, 0.6) is 0 Å². The molecule has 1 rings (SSSR count). The largest absolute Gasteiger partial charge is 0.425 e. The first-order chi connectivity index (χ1) is 6.91. The van der Waals surface area contributed by atoms with Crippen molar-refractivity contribution in [3.05, 3.63) is 24.3 Å². The molecule has 0 unspecified atom stereocenters. The molecule has 1 amide bonds. The number of hydrogen-bond donors (Lipinski definition) is 2. The lowest BCUT2D eigenvalue weighted by molar-refractivity contribution is -0.114. The van der Waals surface area contributed by atoms with Crippen LogP contribution in [0, 0.1) is 0 Å².